The Hall–Kier alpha value is -7.50. The highest BCUT2D eigenvalue weighted by Crippen LogP contribution is 2.36. The first-order chi connectivity index (χ1) is 55.6. The normalized spacial score (nSPS) is 15.7. The average molecular weight is 1620 g/mol. The number of aromatic nitrogens is 7. The summed E-state index contributed by atoms with van der Waals surface area (Å²) in [7, 11) is 2.42. The summed E-state index contributed by atoms with van der Waals surface area (Å²) in [4.78, 5) is 1.47. The SMILES string of the molecule is CC(C)C1CC[N+](C)(C(C)C)CC1.CC(C)[N+]1(C(C)C)Cc2ccccc2C1.CC(C)c1c[n+](C(C)C)c2n1CCCC2.CC(C)c1cc[n+](C(C)C)s1.CC(C)c1ccc2c(ccc[n+]2C(C)C)c1.CC(C)c1ccc2ccc[n+](C(C)C)c2c1.CC(C)c1cccc2c1ccc[n+]2C(C)C.CC(C)c1cccc2ccc[n+](C(C)C)c12. The van der Waals surface area contributed by atoms with E-state index in [1.807, 2.05) is 11.5 Å². The number of piperidine rings is 1. The molecule has 1 fully saturated rings. The lowest BCUT2D eigenvalue weighted by atomic mass is 9.85. The Balaban J connectivity index is 0.000000187. The van der Waals surface area contributed by atoms with Crippen LogP contribution in [-0.4, -0.2) is 51.8 Å². The number of hydrogen-bond acceptors (Lipinski definition) is 1. The van der Waals surface area contributed by atoms with E-state index in [2.05, 4.69) is 449 Å². The molecule has 3 aliphatic heterocycles. The Bertz CT molecular complexity index is 4660. The van der Waals surface area contributed by atoms with Crippen molar-refractivity contribution < 1.29 is 35.8 Å². The molecule has 118 heavy (non-hydrogen) atoms. The Labute approximate surface area is 724 Å². The second-order valence-electron chi connectivity index (χ2n) is 39.5. The largest absolute Gasteiger partial charge is 0.324 e. The summed E-state index contributed by atoms with van der Waals surface area (Å²) in [5, 5.41) is 5.37. The zero-order chi connectivity index (χ0) is 87.4. The number of nitrogens with zero attached hydrogens (tertiary/aromatic N) is 9. The van der Waals surface area contributed by atoms with E-state index in [1.165, 1.54) is 150 Å². The standard InChI is InChI=1S/4C15H20N.C14H22N.C13H23N2.C12H26N.C9H16NS/c1-11(2)13-7-5-9-15-14(13)8-6-10-16(15)12(3)4;1-11(2)14-9-5-7-13-8-6-10-16(12(3)4)15(13)14;1-11(2)13-7-8-15-14(10-13)6-5-9-16(15)12(3)4;1-11(2)14-8-7-13-6-5-9-16(12(3)4)15(13)10-14;1-11(2)15(12(3)4)9-13-7-5-6-8-14(13)10-15;1-10(2)12-9-15(11(3)4)13-7-5-6-8-14(12)13;1-10(2)12-6-8-13(5,9-7-12)11(3)4;1-7(2)9-5-6-10(11-9)8(3)4/h4*5-12H,1-4H3;5-8,11-12H,9-10H2,1-4H3;9-11H,5-8H2,1-4H3;10-12H,6-9H2,1-5H3;5-8H,1-4H3/q8*+1. The van der Waals surface area contributed by atoms with Gasteiger partial charge < -0.3 is 8.97 Å². The highest BCUT2D eigenvalue weighted by atomic mass is 32.1. The maximum atomic E-state index is 2.55. The third kappa shape index (κ3) is 25.6. The highest BCUT2D eigenvalue weighted by Gasteiger charge is 2.41. The molecular formula is C108H167N9S+8. The molecule has 0 spiro atoms. The second-order valence-corrected chi connectivity index (χ2v) is 40.6. The number of hydrogen-bond donors (Lipinski definition) is 0. The van der Waals surface area contributed by atoms with E-state index < -0.39 is 0 Å². The van der Waals surface area contributed by atoms with Crippen LogP contribution >= 0.6 is 11.5 Å². The van der Waals surface area contributed by atoms with Crippen LogP contribution in [0.3, 0.4) is 0 Å². The molecule has 0 saturated carbocycles. The van der Waals surface area contributed by atoms with Crippen LogP contribution in [0.2, 0.25) is 0 Å². The number of benzene rings is 5. The second kappa shape index (κ2) is 44.9. The van der Waals surface area contributed by atoms with Crippen LogP contribution in [0.4, 0.5) is 0 Å². The van der Waals surface area contributed by atoms with Gasteiger partial charge in [-0.25, -0.2) is 9.13 Å². The fraction of sp³-hybridized carbons (Fsp3) is 0.556. The third-order valence-electron chi connectivity index (χ3n) is 25.7. The zero-order valence-electron chi connectivity index (χ0n) is 80.7. The topological polar surface area (TPSA) is 28.2 Å². The highest BCUT2D eigenvalue weighted by molar-refractivity contribution is 7.01. The van der Waals surface area contributed by atoms with Crippen LogP contribution in [0.15, 0.2) is 189 Å². The lowest BCUT2D eigenvalue weighted by molar-refractivity contribution is -0.985. The molecule has 0 radical (unpaired) electrons. The van der Waals surface area contributed by atoms with Crippen molar-refractivity contribution in [3.63, 3.8) is 0 Å². The van der Waals surface area contributed by atoms with E-state index in [0.717, 1.165) is 17.9 Å². The summed E-state index contributed by atoms with van der Waals surface area (Å²) >= 11 is 1.87. The van der Waals surface area contributed by atoms with E-state index in [0.29, 0.717) is 83.8 Å². The maximum absolute atomic E-state index is 2.55. The van der Waals surface area contributed by atoms with Gasteiger partial charge in [0.1, 0.15) is 36.5 Å². The molecule has 9 heterocycles. The van der Waals surface area contributed by atoms with E-state index in [1.54, 1.807) is 17.0 Å². The van der Waals surface area contributed by atoms with Crippen LogP contribution in [-0.2, 0) is 26.1 Å². The van der Waals surface area contributed by atoms with E-state index in [9.17, 15) is 0 Å². The van der Waals surface area contributed by atoms with Gasteiger partial charge in [0.2, 0.25) is 22.1 Å². The average Bonchev–Trinajstić information content (AvgIpc) is 1.60. The predicted octanol–water partition coefficient (Wildman–Crippen LogP) is 27.1. The van der Waals surface area contributed by atoms with Gasteiger partial charge in [0.25, 0.3) is 5.82 Å². The molecule has 0 bridgehead atoms. The van der Waals surface area contributed by atoms with Crippen LogP contribution in [0.1, 0.15) is 369 Å². The number of fused-ring (bicyclic) bond motifs is 6. The van der Waals surface area contributed by atoms with Gasteiger partial charge in [-0.05, 0) is 251 Å². The number of likely N-dealkylation sites (tertiary alicyclic amines) is 1. The fourth-order valence-electron chi connectivity index (χ4n) is 17.3. The van der Waals surface area contributed by atoms with Crippen molar-refractivity contribution in [3.8, 4) is 0 Å². The van der Waals surface area contributed by atoms with Gasteiger partial charge in [-0.1, -0.05) is 158 Å². The van der Waals surface area contributed by atoms with Crippen molar-refractivity contribution in [1.29, 1.82) is 0 Å². The first-order valence-electron chi connectivity index (χ1n) is 46.3. The number of rotatable bonds is 16. The lowest BCUT2D eigenvalue weighted by Crippen LogP contribution is -2.54. The minimum Gasteiger partial charge on any atom is -0.324 e. The van der Waals surface area contributed by atoms with Crippen LogP contribution in [0.25, 0.3) is 43.6 Å². The van der Waals surface area contributed by atoms with Crippen molar-refractivity contribution in [2.24, 2.45) is 11.8 Å². The smallest absolute Gasteiger partial charge is 0.256 e. The Morgan fingerprint density at radius 2 is 0.856 bits per heavy atom. The van der Waals surface area contributed by atoms with Gasteiger partial charge in [-0.3, -0.25) is 0 Å². The molecular weight excluding hydrogens is 1460 g/mol. The Kier molecular flexibility index (Phi) is 37.1. The summed E-state index contributed by atoms with van der Waals surface area (Å²) in [5.74, 6) is 7.05. The summed E-state index contributed by atoms with van der Waals surface area (Å²) in [6, 6.07) is 60.7. The molecule has 10 heteroatoms. The van der Waals surface area contributed by atoms with Gasteiger partial charge in [-0.2, -0.15) is 18.3 Å². The van der Waals surface area contributed by atoms with Gasteiger partial charge >= 0.3 is 0 Å². The molecule has 5 aromatic carbocycles. The van der Waals surface area contributed by atoms with Gasteiger partial charge in [-0.15, -0.1) is 3.96 Å². The molecule has 6 aromatic heterocycles. The maximum Gasteiger partial charge on any atom is 0.256 e. The van der Waals surface area contributed by atoms with Crippen LogP contribution in [0, 0.1) is 11.8 Å². The molecule has 0 aliphatic carbocycles. The minimum absolute atomic E-state index is 0.503. The molecule has 14 rings (SSSR count). The van der Waals surface area contributed by atoms with E-state index >= 15 is 0 Å². The molecule has 3 aliphatic rings. The molecule has 0 N–H and O–H groups in total. The Morgan fingerprint density at radius 1 is 0.373 bits per heavy atom. The van der Waals surface area contributed by atoms with Gasteiger partial charge in [0.15, 0.2) is 61.2 Å². The quantitative estimate of drug-likeness (QED) is 0.0681. The van der Waals surface area contributed by atoms with Crippen molar-refractivity contribution >= 4 is 55.1 Å². The van der Waals surface area contributed by atoms with E-state index in [-0.39, 0.29) is 0 Å². The van der Waals surface area contributed by atoms with Crippen molar-refractivity contribution in [2.75, 3.05) is 20.1 Å². The Morgan fingerprint density at radius 3 is 1.34 bits per heavy atom. The number of pyridine rings is 4. The van der Waals surface area contributed by atoms with Crippen LogP contribution in [0.5, 0.6) is 0 Å². The van der Waals surface area contributed by atoms with Gasteiger partial charge in [0.05, 0.1) is 55.7 Å². The molecule has 11 aromatic rings. The summed E-state index contributed by atoms with van der Waals surface area (Å²) < 4.78 is 19.2. The zero-order valence-corrected chi connectivity index (χ0v) is 81.5. The number of quaternary nitrogens is 2. The molecule has 0 atom stereocenters. The monoisotopic (exact) mass is 1620 g/mol. The number of para-hydroxylation sites is 1. The first-order valence-corrected chi connectivity index (χ1v) is 47.1. The summed E-state index contributed by atoms with van der Waals surface area (Å²) in [6.07, 6.45) is 20.0. The minimum atomic E-state index is 0.503. The molecule has 1 saturated heterocycles. The number of imidazole rings is 1. The van der Waals surface area contributed by atoms with Crippen molar-refractivity contribution in [1.82, 2.24) is 4.57 Å². The van der Waals surface area contributed by atoms with E-state index in [4.69, 9.17) is 0 Å². The molecule has 642 valence electrons. The third-order valence-corrected chi connectivity index (χ3v) is 27.2. The predicted molar refractivity (Wildman–Crippen MR) is 508 cm³/mol. The van der Waals surface area contributed by atoms with Gasteiger partial charge in [0, 0.05) is 99.1 Å². The first kappa shape index (κ1) is 97.6. The van der Waals surface area contributed by atoms with Crippen molar-refractivity contribution in [3.05, 3.63) is 239 Å². The molecule has 9 nitrogen and oxygen atoms in total. The molecule has 0 amide bonds. The van der Waals surface area contributed by atoms with Crippen molar-refractivity contribution in [2.45, 2.75) is 363 Å². The molecule has 0 unspecified atom stereocenters. The van der Waals surface area contributed by atoms with Crippen LogP contribution < -0.4 is 26.8 Å². The summed E-state index contributed by atoms with van der Waals surface area (Å²) in [5.41, 5.74) is 15.7. The summed E-state index contributed by atoms with van der Waals surface area (Å²) in [6.45, 7) is 79.1. The lowest BCUT2D eigenvalue weighted by Gasteiger charge is -2.44. The fourth-order valence-corrected chi connectivity index (χ4v) is 18.2.